The van der Waals surface area contributed by atoms with Crippen molar-refractivity contribution in [3.8, 4) is 0 Å². The molecule has 9 heteroatoms. The lowest BCUT2D eigenvalue weighted by Gasteiger charge is -2.27. The molecular formula is C20H26N4O4S. The molecule has 1 fully saturated rings. The van der Waals surface area contributed by atoms with Crippen LogP contribution in [0.3, 0.4) is 0 Å². The number of piperidine rings is 1. The number of nitrogens with zero attached hydrogens (tertiary/aromatic N) is 1. The Kier molecular flexibility index (Phi) is 7.27. The second-order valence-corrected chi connectivity index (χ2v) is 8.29. The first-order valence-corrected chi connectivity index (χ1v) is 11.1. The van der Waals surface area contributed by atoms with Gasteiger partial charge >= 0.3 is 0 Å². The molecule has 0 spiro atoms. The maximum atomic E-state index is 13.0. The predicted molar refractivity (Wildman–Crippen MR) is 112 cm³/mol. The zero-order valence-corrected chi connectivity index (χ0v) is 17.1. The van der Waals surface area contributed by atoms with E-state index in [9.17, 15) is 19.2 Å². The number of unbranched alkanes of at least 4 members (excludes halogenated alkanes) is 1. The van der Waals surface area contributed by atoms with E-state index in [1.807, 2.05) is 11.8 Å². The monoisotopic (exact) mass is 418 g/mol. The van der Waals surface area contributed by atoms with Gasteiger partial charge in [0.25, 0.3) is 11.8 Å². The van der Waals surface area contributed by atoms with Gasteiger partial charge in [-0.2, -0.15) is 11.8 Å². The van der Waals surface area contributed by atoms with Crippen molar-refractivity contribution in [1.29, 1.82) is 0 Å². The molecule has 2 heterocycles. The van der Waals surface area contributed by atoms with E-state index < -0.39 is 23.8 Å². The highest BCUT2D eigenvalue weighted by molar-refractivity contribution is 7.99. The Morgan fingerprint density at radius 2 is 1.90 bits per heavy atom. The smallest absolute Gasteiger partial charge is 0.264 e. The van der Waals surface area contributed by atoms with Gasteiger partial charge in [-0.15, -0.1) is 0 Å². The number of nitrogens with two attached hydrogens (primary N) is 1. The van der Waals surface area contributed by atoms with Gasteiger partial charge in [-0.3, -0.25) is 29.4 Å². The van der Waals surface area contributed by atoms with Gasteiger partial charge in [0.15, 0.2) is 0 Å². The van der Waals surface area contributed by atoms with Crippen LogP contribution in [0.25, 0.3) is 0 Å². The number of thioether (sulfide) groups is 1. The summed E-state index contributed by atoms with van der Waals surface area (Å²) in [5.41, 5.74) is 6.68. The van der Waals surface area contributed by atoms with E-state index in [1.54, 1.807) is 18.2 Å². The lowest BCUT2D eigenvalue weighted by atomic mass is 10.0. The predicted octanol–water partition coefficient (Wildman–Crippen LogP) is 1.36. The van der Waals surface area contributed by atoms with Crippen molar-refractivity contribution in [3.05, 3.63) is 29.3 Å². The standard InChI is InChI=1S/C20H26N4O4S/c21-9-1-2-11-29-12-4-10-22-14-6-3-5-13-17(14)20(28)24(19(13)27)15-7-8-16(25)23-18(15)26/h3,5-6,15,22H,1-2,4,7-12,21H2,(H,23,25,26). The molecule has 156 valence electrons. The van der Waals surface area contributed by atoms with E-state index in [4.69, 9.17) is 5.73 Å². The number of anilines is 1. The highest BCUT2D eigenvalue weighted by atomic mass is 32.2. The van der Waals surface area contributed by atoms with Crippen molar-refractivity contribution in [3.63, 3.8) is 0 Å². The van der Waals surface area contributed by atoms with E-state index in [0.29, 0.717) is 23.4 Å². The summed E-state index contributed by atoms with van der Waals surface area (Å²) in [6.07, 6.45) is 3.35. The number of benzene rings is 1. The normalized spacial score (nSPS) is 18.8. The lowest BCUT2D eigenvalue weighted by Crippen LogP contribution is -2.54. The number of amides is 4. The van der Waals surface area contributed by atoms with E-state index in [1.165, 1.54) is 0 Å². The van der Waals surface area contributed by atoms with Crippen molar-refractivity contribution >= 4 is 41.1 Å². The van der Waals surface area contributed by atoms with Crippen molar-refractivity contribution in [2.75, 3.05) is 29.9 Å². The Bertz CT molecular complexity index is 814. The molecule has 8 nitrogen and oxygen atoms in total. The summed E-state index contributed by atoms with van der Waals surface area (Å²) < 4.78 is 0. The summed E-state index contributed by atoms with van der Waals surface area (Å²) >= 11 is 1.88. The Balaban J connectivity index is 1.61. The van der Waals surface area contributed by atoms with Crippen LogP contribution >= 0.6 is 11.8 Å². The molecule has 0 bridgehead atoms. The van der Waals surface area contributed by atoms with Crippen molar-refractivity contribution in [1.82, 2.24) is 10.2 Å². The van der Waals surface area contributed by atoms with Gasteiger partial charge in [0.05, 0.1) is 11.1 Å². The number of hydrogen-bond donors (Lipinski definition) is 3. The quantitative estimate of drug-likeness (QED) is 0.387. The maximum absolute atomic E-state index is 13.0. The fourth-order valence-corrected chi connectivity index (χ4v) is 4.47. The lowest BCUT2D eigenvalue weighted by molar-refractivity contribution is -0.136. The Labute approximate surface area is 173 Å². The number of imide groups is 2. The highest BCUT2D eigenvalue weighted by Crippen LogP contribution is 2.32. The zero-order valence-electron chi connectivity index (χ0n) is 16.2. The SMILES string of the molecule is NCCCCSCCCNc1cccc2c1C(=O)N(C1CCC(=O)NC1=O)C2=O. The van der Waals surface area contributed by atoms with Crippen LogP contribution in [0.4, 0.5) is 5.69 Å². The number of fused-ring (bicyclic) bond motifs is 1. The van der Waals surface area contributed by atoms with E-state index in [2.05, 4.69) is 10.6 Å². The van der Waals surface area contributed by atoms with Gasteiger partial charge in [-0.25, -0.2) is 0 Å². The molecule has 2 aliphatic heterocycles. The third kappa shape index (κ3) is 4.79. The van der Waals surface area contributed by atoms with E-state index >= 15 is 0 Å². The summed E-state index contributed by atoms with van der Waals surface area (Å²) in [5.74, 6) is 0.133. The summed E-state index contributed by atoms with van der Waals surface area (Å²) in [7, 11) is 0. The summed E-state index contributed by atoms with van der Waals surface area (Å²) in [6.45, 7) is 1.41. The number of hydrogen-bond acceptors (Lipinski definition) is 7. The molecule has 29 heavy (non-hydrogen) atoms. The molecule has 1 aromatic rings. The second-order valence-electron chi connectivity index (χ2n) is 7.06. The third-order valence-electron chi connectivity index (χ3n) is 4.99. The molecule has 4 amide bonds. The number of carbonyl (C=O) groups is 4. The van der Waals surface area contributed by atoms with Crippen molar-refractivity contribution < 1.29 is 19.2 Å². The van der Waals surface area contributed by atoms with Gasteiger partial charge in [0, 0.05) is 18.7 Å². The molecule has 0 saturated carbocycles. The van der Waals surface area contributed by atoms with Gasteiger partial charge in [-0.05, 0) is 55.9 Å². The van der Waals surface area contributed by atoms with Gasteiger partial charge in [-0.1, -0.05) is 6.07 Å². The largest absolute Gasteiger partial charge is 0.384 e. The van der Waals surface area contributed by atoms with Crippen molar-refractivity contribution in [2.24, 2.45) is 5.73 Å². The van der Waals surface area contributed by atoms with Gasteiger partial charge in [0.2, 0.25) is 11.8 Å². The summed E-state index contributed by atoms with van der Waals surface area (Å²) in [6, 6.07) is 4.15. The van der Waals surface area contributed by atoms with Crippen LogP contribution in [0.1, 0.15) is 52.8 Å². The summed E-state index contributed by atoms with van der Waals surface area (Å²) in [5, 5.41) is 5.46. The van der Waals surface area contributed by atoms with Crippen LogP contribution in [0.5, 0.6) is 0 Å². The first-order valence-electron chi connectivity index (χ1n) is 9.91. The molecule has 0 aliphatic carbocycles. The average Bonchev–Trinajstić information content (AvgIpc) is 2.95. The number of nitrogens with one attached hydrogen (secondary N) is 2. The minimum Gasteiger partial charge on any atom is -0.384 e. The number of carbonyl (C=O) groups excluding carboxylic acids is 4. The minimum absolute atomic E-state index is 0.109. The van der Waals surface area contributed by atoms with Crippen LogP contribution in [0.2, 0.25) is 0 Å². The molecule has 3 rings (SSSR count). The fraction of sp³-hybridized carbons (Fsp3) is 0.500. The molecule has 1 aromatic carbocycles. The molecule has 4 N–H and O–H groups in total. The first-order chi connectivity index (χ1) is 14.0. The molecule has 1 atom stereocenters. The van der Waals surface area contributed by atoms with Crippen LogP contribution < -0.4 is 16.4 Å². The second kappa shape index (κ2) is 9.89. The van der Waals surface area contributed by atoms with E-state index in [0.717, 1.165) is 42.2 Å². The highest BCUT2D eigenvalue weighted by Gasteiger charge is 2.45. The molecule has 0 radical (unpaired) electrons. The van der Waals surface area contributed by atoms with Crippen molar-refractivity contribution in [2.45, 2.75) is 38.1 Å². The number of rotatable bonds is 10. The molecule has 0 aromatic heterocycles. The first kappa shape index (κ1) is 21.3. The van der Waals surface area contributed by atoms with Crippen LogP contribution in [-0.4, -0.2) is 59.2 Å². The maximum Gasteiger partial charge on any atom is 0.264 e. The Morgan fingerprint density at radius 3 is 2.66 bits per heavy atom. The fourth-order valence-electron chi connectivity index (χ4n) is 3.51. The molecular weight excluding hydrogens is 392 g/mol. The molecule has 1 unspecified atom stereocenters. The molecule has 2 aliphatic rings. The minimum atomic E-state index is -0.946. The summed E-state index contributed by atoms with van der Waals surface area (Å²) in [4.78, 5) is 50.3. The average molecular weight is 419 g/mol. The van der Waals surface area contributed by atoms with Crippen LogP contribution in [-0.2, 0) is 9.59 Å². The molecule has 1 saturated heterocycles. The van der Waals surface area contributed by atoms with Gasteiger partial charge in [0.1, 0.15) is 6.04 Å². The topological polar surface area (TPSA) is 122 Å². The Morgan fingerprint density at radius 1 is 1.10 bits per heavy atom. The van der Waals surface area contributed by atoms with Crippen LogP contribution in [0, 0.1) is 0 Å². The van der Waals surface area contributed by atoms with Gasteiger partial charge < -0.3 is 11.1 Å². The van der Waals surface area contributed by atoms with E-state index in [-0.39, 0.29) is 18.7 Å². The Hall–Kier alpha value is -2.39. The third-order valence-corrected chi connectivity index (χ3v) is 6.15. The van der Waals surface area contributed by atoms with Crippen LogP contribution in [0.15, 0.2) is 18.2 Å². The zero-order chi connectivity index (χ0) is 20.8.